The molecule has 23 heavy (non-hydrogen) atoms. The molecule has 124 valence electrons. The number of H-pyrrole nitrogens is 1. The Hall–Kier alpha value is -1.86. The number of hydrogen-bond donors (Lipinski definition) is 4. The van der Waals surface area contributed by atoms with Crippen molar-refractivity contribution in [3.05, 3.63) is 32.6 Å². The number of nitrogens with zero attached hydrogens (tertiary/aromatic N) is 1. The molecule has 0 aromatic carbocycles. The molecule has 1 fully saturated rings. The third kappa shape index (κ3) is 4.33. The highest BCUT2D eigenvalue weighted by Gasteiger charge is 2.37. The second kappa shape index (κ2) is 7.61. The number of nitrogens with one attached hydrogen (secondary N) is 1. The van der Waals surface area contributed by atoms with Gasteiger partial charge in [-0.2, -0.15) is 0 Å². The zero-order valence-electron chi connectivity index (χ0n) is 11.8. The zero-order chi connectivity index (χ0) is 17.0. The maximum atomic E-state index is 11.9. The molecule has 10 nitrogen and oxygen atoms in total. The van der Waals surface area contributed by atoms with Crippen LogP contribution < -0.4 is 17.0 Å². The number of aromatic amines is 1. The predicted octanol–water partition coefficient (Wildman–Crippen LogP) is -1.84. The van der Waals surface area contributed by atoms with Gasteiger partial charge in [0.05, 0.1) is 12.6 Å². The summed E-state index contributed by atoms with van der Waals surface area (Å²) in [5.41, 5.74) is 3.90. The minimum absolute atomic E-state index is 0.0336. The molecule has 1 aliphatic rings. The summed E-state index contributed by atoms with van der Waals surface area (Å²) < 4.78 is 21.6. The quantitative estimate of drug-likeness (QED) is 0.367. The van der Waals surface area contributed by atoms with E-state index in [2.05, 4.69) is 21.3 Å². The number of nitrogens with two attached hydrogens (primary N) is 1. The predicted molar refractivity (Wildman–Crippen MR) is 77.6 cm³/mol. The van der Waals surface area contributed by atoms with E-state index < -0.39 is 37.9 Å². The monoisotopic (exact) mass is 344 g/mol. The van der Waals surface area contributed by atoms with E-state index >= 15 is 0 Å². The zero-order valence-corrected chi connectivity index (χ0v) is 12.7. The van der Waals surface area contributed by atoms with E-state index in [1.54, 1.807) is 0 Å². The first kappa shape index (κ1) is 17.5. The highest BCUT2D eigenvalue weighted by Crippen LogP contribution is 2.29. The maximum absolute atomic E-state index is 11.9. The van der Waals surface area contributed by atoms with Gasteiger partial charge in [-0.1, -0.05) is 11.8 Å². The highest BCUT2D eigenvalue weighted by molar-refractivity contribution is 7.32. The molecule has 0 amide bonds. The van der Waals surface area contributed by atoms with Crippen LogP contribution in [-0.2, 0) is 13.8 Å². The second-order valence-corrected chi connectivity index (χ2v) is 5.41. The van der Waals surface area contributed by atoms with Gasteiger partial charge in [0.25, 0.3) is 5.56 Å². The van der Waals surface area contributed by atoms with Gasteiger partial charge >= 0.3 is 13.9 Å². The molecule has 4 unspecified atom stereocenters. The Morgan fingerprint density at radius 2 is 2.30 bits per heavy atom. The SMILES string of the molecule is NCC#Cc1cn(C2CC(O)C(CO[P+](=O)O)O2)c(=O)[nH]c1=O. The highest BCUT2D eigenvalue weighted by atomic mass is 31.1. The molecule has 1 saturated heterocycles. The van der Waals surface area contributed by atoms with Crippen molar-refractivity contribution in [2.45, 2.75) is 24.9 Å². The first-order valence-corrected chi connectivity index (χ1v) is 7.72. The molecule has 0 spiro atoms. The smallest absolute Gasteiger partial charge is 0.390 e. The van der Waals surface area contributed by atoms with Gasteiger partial charge in [-0.05, 0) is 0 Å². The van der Waals surface area contributed by atoms with E-state index in [0.29, 0.717) is 0 Å². The van der Waals surface area contributed by atoms with Crippen LogP contribution in [0.4, 0.5) is 0 Å². The third-order valence-corrected chi connectivity index (χ3v) is 3.53. The van der Waals surface area contributed by atoms with Crippen molar-refractivity contribution in [1.29, 1.82) is 0 Å². The van der Waals surface area contributed by atoms with E-state index in [1.165, 1.54) is 6.20 Å². The van der Waals surface area contributed by atoms with Crippen LogP contribution in [0.1, 0.15) is 18.2 Å². The molecular weight excluding hydrogens is 329 g/mol. The average molecular weight is 344 g/mol. The molecule has 0 aliphatic carbocycles. The molecule has 2 heterocycles. The van der Waals surface area contributed by atoms with Gasteiger partial charge in [0.2, 0.25) is 0 Å². The van der Waals surface area contributed by atoms with Crippen LogP contribution in [0.3, 0.4) is 0 Å². The molecule has 4 atom stereocenters. The Kier molecular flexibility index (Phi) is 5.79. The molecule has 1 aromatic heterocycles. The van der Waals surface area contributed by atoms with Gasteiger partial charge in [0.15, 0.2) is 0 Å². The van der Waals surface area contributed by atoms with Crippen LogP contribution in [0, 0.1) is 11.8 Å². The van der Waals surface area contributed by atoms with Crippen LogP contribution in [0.25, 0.3) is 0 Å². The fourth-order valence-corrected chi connectivity index (χ4v) is 2.38. The van der Waals surface area contributed by atoms with Crippen molar-refractivity contribution >= 4 is 8.25 Å². The second-order valence-electron chi connectivity index (χ2n) is 4.68. The fourth-order valence-electron chi connectivity index (χ4n) is 2.11. The molecule has 0 radical (unpaired) electrons. The van der Waals surface area contributed by atoms with Crippen molar-refractivity contribution in [2.75, 3.05) is 13.2 Å². The standard InChI is InChI=1S/C12H14N3O7P/c13-3-1-2-7-5-15(12(18)14-11(7)17)10-4-8(16)9(22-10)6-21-23(19)20/h5,8-10,16H,3-4,6,13H2,(H-,14,17,18,19,20)/p+1. The molecule has 0 bridgehead atoms. The van der Waals surface area contributed by atoms with Crippen molar-refractivity contribution < 1.29 is 23.8 Å². The number of aliphatic hydroxyl groups excluding tert-OH is 1. The van der Waals surface area contributed by atoms with E-state index in [0.717, 1.165) is 4.57 Å². The molecular formula is C12H15N3O7P+. The molecule has 5 N–H and O–H groups in total. The topological polar surface area (TPSA) is 157 Å². The fraction of sp³-hybridized carbons (Fsp3) is 0.500. The Balaban J connectivity index is 2.24. The van der Waals surface area contributed by atoms with Crippen LogP contribution >= 0.6 is 8.25 Å². The summed E-state index contributed by atoms with van der Waals surface area (Å²) in [6.07, 6.45) is -1.46. The van der Waals surface area contributed by atoms with E-state index in [-0.39, 0.29) is 25.1 Å². The van der Waals surface area contributed by atoms with Gasteiger partial charge in [-0.15, -0.1) is 9.42 Å². The molecule has 1 aliphatic heterocycles. The maximum Gasteiger partial charge on any atom is 0.694 e. The first-order chi connectivity index (χ1) is 10.9. The lowest BCUT2D eigenvalue weighted by Gasteiger charge is -2.14. The lowest BCUT2D eigenvalue weighted by Crippen LogP contribution is -2.33. The normalized spacial score (nSPS) is 24.1. The lowest BCUT2D eigenvalue weighted by molar-refractivity contribution is -0.0412. The van der Waals surface area contributed by atoms with Gasteiger partial charge in [0, 0.05) is 17.2 Å². The van der Waals surface area contributed by atoms with Gasteiger partial charge in [-0.3, -0.25) is 14.3 Å². The number of aliphatic hydroxyl groups is 1. The number of ether oxygens (including phenoxy) is 1. The van der Waals surface area contributed by atoms with Crippen LogP contribution in [0.5, 0.6) is 0 Å². The number of hydrogen-bond acceptors (Lipinski definition) is 7. The third-order valence-electron chi connectivity index (χ3n) is 3.16. The van der Waals surface area contributed by atoms with Crippen molar-refractivity contribution in [3.8, 4) is 11.8 Å². The molecule has 2 rings (SSSR count). The van der Waals surface area contributed by atoms with Gasteiger partial charge in [-0.25, -0.2) is 4.79 Å². The van der Waals surface area contributed by atoms with Crippen molar-refractivity contribution in [2.24, 2.45) is 5.73 Å². The Labute approximate surface area is 130 Å². The summed E-state index contributed by atoms with van der Waals surface area (Å²) >= 11 is 0. The summed E-state index contributed by atoms with van der Waals surface area (Å²) in [4.78, 5) is 34.2. The summed E-state index contributed by atoms with van der Waals surface area (Å²) in [5, 5.41) is 9.88. The minimum Gasteiger partial charge on any atom is -0.390 e. The van der Waals surface area contributed by atoms with Crippen molar-refractivity contribution in [3.63, 3.8) is 0 Å². The van der Waals surface area contributed by atoms with E-state index in [9.17, 15) is 19.3 Å². The van der Waals surface area contributed by atoms with Crippen LogP contribution in [-0.4, -0.2) is 44.9 Å². The Bertz CT molecular complexity index is 762. The van der Waals surface area contributed by atoms with E-state index in [1.807, 2.05) is 0 Å². The number of aromatic nitrogens is 2. The average Bonchev–Trinajstić information content (AvgIpc) is 2.85. The number of rotatable bonds is 4. The molecule has 1 aromatic rings. The molecule has 11 heteroatoms. The largest absolute Gasteiger partial charge is 0.694 e. The minimum atomic E-state index is -2.81. The van der Waals surface area contributed by atoms with Gasteiger partial charge in [0.1, 0.15) is 24.5 Å². The van der Waals surface area contributed by atoms with Crippen LogP contribution in [0.15, 0.2) is 15.8 Å². The lowest BCUT2D eigenvalue weighted by atomic mass is 10.2. The Morgan fingerprint density at radius 3 is 2.96 bits per heavy atom. The summed E-state index contributed by atoms with van der Waals surface area (Å²) in [6, 6.07) is 0. The molecule has 0 saturated carbocycles. The van der Waals surface area contributed by atoms with E-state index in [4.69, 9.17) is 15.4 Å². The van der Waals surface area contributed by atoms with Gasteiger partial charge < -0.3 is 15.6 Å². The first-order valence-electron chi connectivity index (χ1n) is 6.59. The van der Waals surface area contributed by atoms with Crippen molar-refractivity contribution in [1.82, 2.24) is 9.55 Å². The summed E-state index contributed by atoms with van der Waals surface area (Å²) in [7, 11) is -2.81. The Morgan fingerprint density at radius 1 is 1.57 bits per heavy atom. The van der Waals surface area contributed by atoms with Crippen LogP contribution in [0.2, 0.25) is 0 Å². The summed E-state index contributed by atoms with van der Waals surface area (Å²) in [6.45, 7) is -0.253. The summed E-state index contributed by atoms with van der Waals surface area (Å²) in [5.74, 6) is 5.04.